The molecule has 2 rings (SSSR count). The van der Waals surface area contributed by atoms with Crippen molar-refractivity contribution in [2.45, 2.75) is 32.7 Å². The molecule has 3 heteroatoms. The molecule has 0 aromatic heterocycles. The molecule has 0 radical (unpaired) electrons. The fourth-order valence-electron chi connectivity index (χ4n) is 2.62. The van der Waals surface area contributed by atoms with E-state index in [4.69, 9.17) is 0 Å². The molecule has 1 fully saturated rings. The van der Waals surface area contributed by atoms with Crippen LogP contribution >= 0.6 is 0 Å². The van der Waals surface area contributed by atoms with E-state index < -0.39 is 5.82 Å². The van der Waals surface area contributed by atoms with Crippen molar-refractivity contribution < 1.29 is 9.18 Å². The second-order valence-electron chi connectivity index (χ2n) is 5.32. The number of carbonyl (C=O) groups is 1. The highest BCUT2D eigenvalue weighted by atomic mass is 19.1. The van der Waals surface area contributed by atoms with Crippen molar-refractivity contribution in [2.75, 3.05) is 6.54 Å². The number of halogens is 1. The number of hydrogen-bond acceptors (Lipinski definition) is 2. The number of rotatable bonds is 3. The molecule has 3 atom stereocenters. The van der Waals surface area contributed by atoms with Crippen LogP contribution in [0.25, 0.3) is 0 Å². The number of ketones is 1. The highest BCUT2D eigenvalue weighted by Gasteiger charge is 2.29. The lowest BCUT2D eigenvalue weighted by Crippen LogP contribution is -2.44. The van der Waals surface area contributed by atoms with Crippen LogP contribution in [0.1, 0.15) is 37.0 Å². The molecular formula is C15H20FNO. The van der Waals surface area contributed by atoms with Crippen molar-refractivity contribution in [1.82, 2.24) is 5.32 Å². The van der Waals surface area contributed by atoms with Gasteiger partial charge in [-0.15, -0.1) is 0 Å². The van der Waals surface area contributed by atoms with E-state index in [1.807, 2.05) is 6.92 Å². The highest BCUT2D eigenvalue weighted by molar-refractivity contribution is 5.98. The zero-order chi connectivity index (χ0) is 13.1. The minimum atomic E-state index is -0.418. The van der Waals surface area contributed by atoms with Gasteiger partial charge in [-0.3, -0.25) is 4.79 Å². The largest absolute Gasteiger partial charge is 0.313 e. The lowest BCUT2D eigenvalue weighted by molar-refractivity contribution is 0.0878. The molecule has 1 aliphatic heterocycles. The lowest BCUT2D eigenvalue weighted by atomic mass is 9.83. The van der Waals surface area contributed by atoms with E-state index in [1.54, 1.807) is 18.2 Å². The highest BCUT2D eigenvalue weighted by Crippen LogP contribution is 2.23. The van der Waals surface area contributed by atoms with Gasteiger partial charge in [0.2, 0.25) is 0 Å². The fraction of sp³-hybridized carbons (Fsp3) is 0.533. The Bertz CT molecular complexity index is 432. The van der Waals surface area contributed by atoms with E-state index in [9.17, 15) is 9.18 Å². The van der Waals surface area contributed by atoms with Gasteiger partial charge in [0, 0.05) is 12.0 Å². The minimum Gasteiger partial charge on any atom is -0.313 e. The summed E-state index contributed by atoms with van der Waals surface area (Å²) in [7, 11) is 0. The number of piperidine rings is 1. The van der Waals surface area contributed by atoms with Gasteiger partial charge >= 0.3 is 0 Å². The average molecular weight is 249 g/mol. The summed E-state index contributed by atoms with van der Waals surface area (Å²) >= 11 is 0. The minimum absolute atomic E-state index is 0.0975. The van der Waals surface area contributed by atoms with Gasteiger partial charge in [-0.2, -0.15) is 0 Å². The van der Waals surface area contributed by atoms with Gasteiger partial charge in [0.05, 0.1) is 5.56 Å². The maximum absolute atomic E-state index is 13.6. The van der Waals surface area contributed by atoms with Gasteiger partial charge < -0.3 is 5.32 Å². The Morgan fingerprint density at radius 2 is 2.17 bits per heavy atom. The lowest BCUT2D eigenvalue weighted by Gasteiger charge is -2.32. The Morgan fingerprint density at radius 3 is 2.83 bits per heavy atom. The topological polar surface area (TPSA) is 29.1 Å². The molecule has 1 heterocycles. The van der Waals surface area contributed by atoms with Crippen molar-refractivity contribution in [1.29, 1.82) is 0 Å². The summed E-state index contributed by atoms with van der Waals surface area (Å²) in [6, 6.07) is 6.40. The molecule has 18 heavy (non-hydrogen) atoms. The third kappa shape index (κ3) is 2.78. The zero-order valence-electron chi connectivity index (χ0n) is 10.9. The smallest absolute Gasteiger partial charge is 0.170 e. The summed E-state index contributed by atoms with van der Waals surface area (Å²) in [5.74, 6) is -0.0605. The molecule has 0 spiro atoms. The Kier molecular flexibility index (Phi) is 4.12. The van der Waals surface area contributed by atoms with E-state index in [1.165, 1.54) is 6.07 Å². The summed E-state index contributed by atoms with van der Waals surface area (Å²) in [5, 5.41) is 3.38. The normalized spacial score (nSPS) is 25.7. The van der Waals surface area contributed by atoms with Crippen LogP contribution in [0.2, 0.25) is 0 Å². The summed E-state index contributed by atoms with van der Waals surface area (Å²) in [6.07, 6.45) is 2.14. The van der Waals surface area contributed by atoms with Crippen molar-refractivity contribution in [2.24, 2.45) is 11.8 Å². The molecule has 0 amide bonds. The molecule has 1 saturated heterocycles. The first-order valence-corrected chi connectivity index (χ1v) is 6.61. The van der Waals surface area contributed by atoms with Crippen molar-refractivity contribution >= 4 is 5.78 Å². The molecule has 1 N–H and O–H groups in total. The Morgan fingerprint density at radius 1 is 1.44 bits per heavy atom. The van der Waals surface area contributed by atoms with Crippen LogP contribution in [0.4, 0.5) is 4.39 Å². The summed E-state index contributed by atoms with van der Waals surface area (Å²) < 4.78 is 13.6. The Hall–Kier alpha value is -1.22. The molecule has 1 aliphatic rings. The first kappa shape index (κ1) is 13.2. The standard InChI is InChI=1S/C15H20FNO/c1-10-7-8-17-14(9-10)11(2)15(18)12-5-3-4-6-13(12)16/h3-6,10-11,14,17H,7-9H2,1-2H3. The Balaban J connectivity index is 2.11. The van der Waals surface area contributed by atoms with Crippen molar-refractivity contribution in [3.8, 4) is 0 Å². The predicted molar refractivity (Wildman–Crippen MR) is 70.1 cm³/mol. The maximum Gasteiger partial charge on any atom is 0.170 e. The van der Waals surface area contributed by atoms with Gasteiger partial charge in [-0.25, -0.2) is 4.39 Å². The van der Waals surface area contributed by atoms with Crippen LogP contribution in [-0.4, -0.2) is 18.4 Å². The van der Waals surface area contributed by atoms with Gasteiger partial charge in [0.15, 0.2) is 5.78 Å². The zero-order valence-corrected chi connectivity index (χ0v) is 10.9. The van der Waals surface area contributed by atoms with Crippen LogP contribution in [0.3, 0.4) is 0 Å². The van der Waals surface area contributed by atoms with Gasteiger partial charge in [-0.05, 0) is 37.4 Å². The summed E-state index contributed by atoms with van der Waals surface area (Å²) in [5.41, 5.74) is 0.213. The molecule has 0 bridgehead atoms. The molecule has 0 aliphatic carbocycles. The average Bonchev–Trinajstić information content (AvgIpc) is 2.37. The first-order chi connectivity index (χ1) is 8.59. The Labute approximate surface area is 108 Å². The van der Waals surface area contributed by atoms with Crippen molar-refractivity contribution in [3.05, 3.63) is 35.6 Å². The molecule has 2 nitrogen and oxygen atoms in total. The van der Waals surface area contributed by atoms with Gasteiger partial charge in [-0.1, -0.05) is 26.0 Å². The van der Waals surface area contributed by atoms with Crippen LogP contribution in [0.15, 0.2) is 24.3 Å². The fourth-order valence-corrected chi connectivity index (χ4v) is 2.62. The molecule has 0 saturated carbocycles. The summed E-state index contributed by atoms with van der Waals surface area (Å²) in [6.45, 7) is 5.04. The van der Waals surface area contributed by atoms with E-state index >= 15 is 0 Å². The quantitative estimate of drug-likeness (QED) is 0.834. The van der Waals surface area contributed by atoms with Crippen LogP contribution in [-0.2, 0) is 0 Å². The first-order valence-electron chi connectivity index (χ1n) is 6.61. The van der Waals surface area contributed by atoms with Crippen LogP contribution < -0.4 is 5.32 Å². The van der Waals surface area contributed by atoms with E-state index in [2.05, 4.69) is 12.2 Å². The number of benzene rings is 1. The molecule has 3 unspecified atom stereocenters. The van der Waals surface area contributed by atoms with Crippen LogP contribution in [0, 0.1) is 17.7 Å². The number of Topliss-reactive ketones (excluding diaryl/α,β-unsaturated/α-hetero) is 1. The maximum atomic E-state index is 13.6. The number of hydrogen-bond donors (Lipinski definition) is 1. The van der Waals surface area contributed by atoms with Gasteiger partial charge in [0.25, 0.3) is 0 Å². The second-order valence-corrected chi connectivity index (χ2v) is 5.32. The molecule has 98 valence electrons. The van der Waals surface area contributed by atoms with Gasteiger partial charge in [0.1, 0.15) is 5.82 Å². The second kappa shape index (κ2) is 5.61. The monoisotopic (exact) mass is 249 g/mol. The van der Waals surface area contributed by atoms with E-state index in [0.717, 1.165) is 19.4 Å². The SMILES string of the molecule is CC1CCNC(C(C)C(=O)c2ccccc2F)C1. The predicted octanol–water partition coefficient (Wildman–Crippen LogP) is 3.03. The van der Waals surface area contributed by atoms with E-state index in [0.29, 0.717) is 5.92 Å². The third-order valence-corrected chi connectivity index (χ3v) is 3.86. The third-order valence-electron chi connectivity index (χ3n) is 3.86. The van der Waals surface area contributed by atoms with E-state index in [-0.39, 0.29) is 23.3 Å². The van der Waals surface area contributed by atoms with Crippen LogP contribution in [0.5, 0.6) is 0 Å². The number of nitrogens with one attached hydrogen (secondary N) is 1. The van der Waals surface area contributed by atoms with Crippen molar-refractivity contribution in [3.63, 3.8) is 0 Å². The number of carbonyl (C=O) groups excluding carboxylic acids is 1. The molecular weight excluding hydrogens is 229 g/mol. The summed E-state index contributed by atoms with van der Waals surface area (Å²) in [4.78, 5) is 12.3. The molecule has 1 aromatic rings. The molecule has 1 aromatic carbocycles.